The molecule has 11 heteroatoms. The zero-order valence-corrected chi connectivity index (χ0v) is 27.7. The van der Waals surface area contributed by atoms with Gasteiger partial charge in [-0.25, -0.2) is 10.1 Å². The quantitative estimate of drug-likeness (QED) is 0.0284. The Morgan fingerprint density at radius 3 is 1.88 bits per heavy atom. The Labute approximate surface area is 250 Å². The molecule has 1 unspecified atom stereocenters. The van der Waals surface area contributed by atoms with E-state index >= 15 is 0 Å². The lowest BCUT2D eigenvalue weighted by Gasteiger charge is -2.26. The third-order valence-electron chi connectivity index (χ3n) is 6.78. The Hall–Kier alpha value is 0.260. The van der Waals surface area contributed by atoms with E-state index < -0.39 is 7.60 Å². The van der Waals surface area contributed by atoms with Crippen LogP contribution in [-0.4, -0.2) is 68.4 Å². The van der Waals surface area contributed by atoms with Crippen molar-refractivity contribution in [1.82, 2.24) is 10.6 Å². The van der Waals surface area contributed by atoms with Crippen molar-refractivity contribution in [3.8, 4) is 0 Å². The monoisotopic (exact) mass is 614 g/mol. The van der Waals surface area contributed by atoms with E-state index in [4.69, 9.17) is 14.3 Å². The predicted molar refractivity (Wildman–Crippen MR) is 168 cm³/mol. The zero-order chi connectivity index (χ0) is 29.4. The van der Waals surface area contributed by atoms with Crippen LogP contribution in [-0.2, 0) is 28.6 Å². The van der Waals surface area contributed by atoms with Crippen LogP contribution in [0.2, 0.25) is 0 Å². The van der Waals surface area contributed by atoms with Crippen molar-refractivity contribution in [1.29, 1.82) is 0 Å². The Balaban J connectivity index is 3.94. The normalized spacial score (nSPS) is 12.8. The van der Waals surface area contributed by atoms with Crippen molar-refractivity contribution in [3.05, 3.63) is 0 Å². The molecule has 0 fully saturated rings. The lowest BCUT2D eigenvalue weighted by molar-refractivity contribution is -0.623. The second kappa shape index (κ2) is 32.2. The summed E-state index contributed by atoms with van der Waals surface area (Å²) in [6.07, 6.45) is 19.0. The Morgan fingerprint density at radius 1 is 0.700 bits per heavy atom. The molecule has 0 aliphatic rings. The third-order valence-corrected chi connectivity index (χ3v) is 10.5. The van der Waals surface area contributed by atoms with Crippen molar-refractivity contribution in [2.45, 2.75) is 129 Å². The van der Waals surface area contributed by atoms with Gasteiger partial charge in [-0.15, -0.1) is 0 Å². The van der Waals surface area contributed by atoms with E-state index in [9.17, 15) is 4.57 Å². The van der Waals surface area contributed by atoms with Crippen molar-refractivity contribution < 1.29 is 33.8 Å². The number of rotatable bonds is 34. The molecule has 0 saturated heterocycles. The molecule has 0 radical (unpaired) electrons. The van der Waals surface area contributed by atoms with Crippen LogP contribution in [0.4, 0.5) is 0 Å². The number of hydrogen-bond donors (Lipinski definition) is 3. The van der Waals surface area contributed by atoms with Crippen LogP contribution < -0.4 is 10.6 Å². The second-order valence-corrected chi connectivity index (χ2v) is 13.8. The van der Waals surface area contributed by atoms with Crippen LogP contribution in [0.1, 0.15) is 124 Å². The number of unbranched alkanes of at least 4 members (excludes halogenated alkanes) is 11. The van der Waals surface area contributed by atoms with E-state index in [0.29, 0.717) is 26.4 Å². The highest BCUT2D eigenvalue weighted by Crippen LogP contribution is 2.54. The van der Waals surface area contributed by atoms with Gasteiger partial charge in [0.2, 0.25) is 0 Å². The molecule has 0 rings (SSSR count). The van der Waals surface area contributed by atoms with Crippen molar-refractivity contribution >= 4 is 19.4 Å². The smallest absolute Gasteiger partial charge is 0.317 e. The zero-order valence-electron chi connectivity index (χ0n) is 26.0. The maximum Gasteiger partial charge on any atom is 0.334 e. The molecule has 0 saturated carbocycles. The molecule has 0 heterocycles. The number of thioether (sulfide) groups is 1. The fraction of sp³-hybridized carbons (Fsp3) is 1.00. The summed E-state index contributed by atoms with van der Waals surface area (Å²) in [5.74, 6) is 2.22. The van der Waals surface area contributed by atoms with Crippen LogP contribution in [0.3, 0.4) is 0 Å². The van der Waals surface area contributed by atoms with Gasteiger partial charge >= 0.3 is 7.60 Å². The molecule has 0 aliphatic heterocycles. The summed E-state index contributed by atoms with van der Waals surface area (Å²) in [6, 6.07) is 0. The predicted octanol–water partition coefficient (Wildman–Crippen LogP) is 8.15. The molecule has 1 atom stereocenters. The number of hydrogen-bond acceptors (Lipinski definition) is 10. The van der Waals surface area contributed by atoms with Gasteiger partial charge in [-0.3, -0.25) is 4.57 Å². The van der Waals surface area contributed by atoms with Gasteiger partial charge in [0.25, 0.3) is 0 Å². The van der Waals surface area contributed by atoms with Crippen LogP contribution in [0.5, 0.6) is 0 Å². The van der Waals surface area contributed by atoms with Gasteiger partial charge in [-0.2, -0.15) is 11.8 Å². The van der Waals surface area contributed by atoms with Gasteiger partial charge in [-0.05, 0) is 93.6 Å². The molecule has 0 aliphatic carbocycles. The standard InChI is InChI=1S/C29H63N2O7PS/c1-4-7-8-9-10-11-13-17-23-31-28-29(39(33,35-5-2)36-6-3)21-19-26-40-27-20-24-30-22-16-14-12-15-18-25-34-38-37-32/h29-32H,4-28H2,1-3H3. The van der Waals surface area contributed by atoms with E-state index in [2.05, 4.69) is 32.5 Å². The lowest BCUT2D eigenvalue weighted by atomic mass is 10.1. The van der Waals surface area contributed by atoms with Gasteiger partial charge in [0.05, 0.1) is 25.5 Å². The molecule has 0 aromatic rings. The van der Waals surface area contributed by atoms with Gasteiger partial charge in [-0.1, -0.05) is 71.1 Å². The summed E-state index contributed by atoms with van der Waals surface area (Å²) < 4.78 is 24.9. The Bertz CT molecular complexity index is 543. The molecule has 40 heavy (non-hydrogen) atoms. The van der Waals surface area contributed by atoms with Crippen molar-refractivity contribution in [3.63, 3.8) is 0 Å². The first-order chi connectivity index (χ1) is 19.6. The van der Waals surface area contributed by atoms with Crippen LogP contribution in [0, 0.1) is 0 Å². The van der Waals surface area contributed by atoms with Crippen LogP contribution in [0.25, 0.3) is 0 Å². The minimum atomic E-state index is -3.11. The Kier molecular flexibility index (Phi) is 32.4. The van der Waals surface area contributed by atoms with Crippen molar-refractivity contribution in [2.75, 3.05) is 57.5 Å². The van der Waals surface area contributed by atoms with Gasteiger partial charge in [0.15, 0.2) is 0 Å². The molecule has 9 nitrogen and oxygen atoms in total. The summed E-state index contributed by atoms with van der Waals surface area (Å²) in [5, 5.41) is 22.4. The SMILES string of the molecule is CCCCCCCCCCNCC(CCCSCCCNCCCCCCCOOOO)P(=O)(OCC)OCC. The molecular formula is C29H63N2O7PS. The lowest BCUT2D eigenvalue weighted by Crippen LogP contribution is -2.29. The third kappa shape index (κ3) is 25.9. The average Bonchev–Trinajstić information content (AvgIpc) is 2.94. The molecule has 0 bridgehead atoms. The van der Waals surface area contributed by atoms with E-state index in [1.807, 2.05) is 25.6 Å². The largest absolute Gasteiger partial charge is 0.334 e. The fourth-order valence-electron chi connectivity index (χ4n) is 4.58. The van der Waals surface area contributed by atoms with E-state index in [1.165, 1.54) is 64.2 Å². The molecule has 0 spiro atoms. The molecule has 0 amide bonds. The van der Waals surface area contributed by atoms with Crippen LogP contribution >= 0.6 is 19.4 Å². The minimum absolute atomic E-state index is 0.0841. The summed E-state index contributed by atoms with van der Waals surface area (Å²) in [4.78, 5) is 4.56. The van der Waals surface area contributed by atoms with Gasteiger partial charge < -0.3 is 19.7 Å². The maximum atomic E-state index is 13.5. The molecule has 0 aromatic heterocycles. The number of nitrogens with one attached hydrogen (secondary N) is 2. The van der Waals surface area contributed by atoms with Gasteiger partial charge in [0, 0.05) is 6.54 Å². The van der Waals surface area contributed by atoms with E-state index in [-0.39, 0.29) is 5.66 Å². The molecule has 3 N–H and O–H groups in total. The summed E-state index contributed by atoms with van der Waals surface area (Å²) in [5.41, 5.74) is -0.0841. The van der Waals surface area contributed by atoms with E-state index in [0.717, 1.165) is 69.7 Å². The topological polar surface area (TPSA) is 108 Å². The van der Waals surface area contributed by atoms with Crippen LogP contribution in [0.15, 0.2) is 0 Å². The fourth-order valence-corrected chi connectivity index (χ4v) is 7.57. The second-order valence-electron chi connectivity index (χ2n) is 10.3. The highest BCUT2D eigenvalue weighted by Gasteiger charge is 2.34. The molecular weight excluding hydrogens is 551 g/mol. The first kappa shape index (κ1) is 40.3. The Morgan fingerprint density at radius 2 is 1.25 bits per heavy atom. The van der Waals surface area contributed by atoms with Crippen molar-refractivity contribution in [2.24, 2.45) is 0 Å². The minimum Gasteiger partial charge on any atom is -0.317 e. The average molecular weight is 615 g/mol. The maximum absolute atomic E-state index is 13.5. The summed E-state index contributed by atoms with van der Waals surface area (Å²) in [6.45, 7) is 11.1. The highest BCUT2D eigenvalue weighted by atomic mass is 32.2. The first-order valence-electron chi connectivity index (χ1n) is 16.1. The van der Waals surface area contributed by atoms with Gasteiger partial charge in [0.1, 0.15) is 0 Å². The first-order valence-corrected chi connectivity index (χ1v) is 18.9. The van der Waals surface area contributed by atoms with E-state index in [1.54, 1.807) is 0 Å². The molecule has 0 aromatic carbocycles. The highest BCUT2D eigenvalue weighted by molar-refractivity contribution is 7.99. The molecule has 242 valence electrons. The summed E-state index contributed by atoms with van der Waals surface area (Å²) >= 11 is 1.98. The summed E-state index contributed by atoms with van der Waals surface area (Å²) in [7, 11) is -3.11.